The third-order valence-electron chi connectivity index (χ3n) is 1.58. The predicted octanol–water partition coefficient (Wildman–Crippen LogP) is 0.520. The molecule has 0 aliphatic rings. The van der Waals surface area contributed by atoms with Gasteiger partial charge in [-0.3, -0.25) is 4.79 Å². The minimum atomic E-state index is -0.429. The number of rotatable bonds is 2. The fraction of sp³-hybridized carbons (Fsp3) is 0.111. The number of carbonyl (C=O) groups is 1. The van der Waals surface area contributed by atoms with Crippen LogP contribution in [0.25, 0.3) is 0 Å². The molecular weight excluding hydrogens is 152 g/mol. The molecule has 0 saturated carbocycles. The number of hydrogen-bond donors (Lipinski definition) is 0. The molecule has 0 aliphatic heterocycles. The molecule has 1 aromatic rings. The second-order valence-corrected chi connectivity index (χ2v) is 2.36. The Bertz CT molecular complexity index is 282. The van der Waals surface area contributed by atoms with Crippen molar-refractivity contribution in [3.63, 3.8) is 0 Å². The van der Waals surface area contributed by atoms with Crippen molar-refractivity contribution in [3.8, 4) is 0 Å². The lowest BCUT2D eigenvalue weighted by Gasteiger charge is -2.13. The molecule has 0 aromatic heterocycles. The summed E-state index contributed by atoms with van der Waals surface area (Å²) < 4.78 is 0. The first kappa shape index (κ1) is 8.46. The molecule has 0 atom stereocenters. The zero-order valence-electron chi connectivity index (χ0n) is 6.77. The average molecular weight is 161 g/mol. The molecule has 0 N–H and O–H groups in total. The SMILES string of the molecule is CN(C(=O)C=[N])c1ccccc1. The summed E-state index contributed by atoms with van der Waals surface area (Å²) in [5.41, 5.74) is 0.757. The second kappa shape index (κ2) is 3.67. The van der Waals surface area contributed by atoms with Crippen LogP contribution in [0, 0.1) is 0 Å². The van der Waals surface area contributed by atoms with Gasteiger partial charge in [-0.15, -0.1) is 0 Å². The zero-order valence-corrected chi connectivity index (χ0v) is 6.77. The molecule has 0 heterocycles. The Hall–Kier alpha value is -1.64. The maximum absolute atomic E-state index is 10.9. The van der Waals surface area contributed by atoms with Gasteiger partial charge in [0.2, 0.25) is 0 Å². The topological polar surface area (TPSA) is 42.6 Å². The van der Waals surface area contributed by atoms with Crippen LogP contribution in [0.15, 0.2) is 30.3 Å². The van der Waals surface area contributed by atoms with E-state index in [2.05, 4.69) is 0 Å². The van der Waals surface area contributed by atoms with Crippen molar-refractivity contribution in [2.45, 2.75) is 0 Å². The number of anilines is 1. The van der Waals surface area contributed by atoms with E-state index >= 15 is 0 Å². The highest BCUT2D eigenvalue weighted by Crippen LogP contribution is 2.09. The van der Waals surface area contributed by atoms with Crippen molar-refractivity contribution in [3.05, 3.63) is 30.3 Å². The van der Waals surface area contributed by atoms with E-state index in [1.807, 2.05) is 18.2 Å². The largest absolute Gasteiger partial charge is 0.311 e. The summed E-state index contributed by atoms with van der Waals surface area (Å²) in [6, 6.07) is 9.11. The van der Waals surface area contributed by atoms with Gasteiger partial charge in [0.25, 0.3) is 5.91 Å². The minimum Gasteiger partial charge on any atom is -0.311 e. The molecule has 0 unspecified atom stereocenters. The lowest BCUT2D eigenvalue weighted by atomic mass is 10.3. The number of nitrogens with zero attached hydrogens (tertiary/aromatic N) is 2. The summed E-state index contributed by atoms with van der Waals surface area (Å²) in [5, 5.41) is 8.45. The van der Waals surface area contributed by atoms with E-state index in [4.69, 9.17) is 5.41 Å². The number of hydrogen-bond acceptors (Lipinski definition) is 1. The van der Waals surface area contributed by atoms with E-state index in [-0.39, 0.29) is 0 Å². The molecule has 0 saturated heterocycles. The summed E-state index contributed by atoms with van der Waals surface area (Å²) in [6.07, 6.45) is 0.549. The van der Waals surface area contributed by atoms with Crippen LogP contribution in [0.1, 0.15) is 0 Å². The summed E-state index contributed by atoms with van der Waals surface area (Å²) >= 11 is 0. The summed E-state index contributed by atoms with van der Waals surface area (Å²) in [5.74, 6) is -0.429. The van der Waals surface area contributed by atoms with E-state index < -0.39 is 5.91 Å². The average Bonchev–Trinajstić information content (AvgIpc) is 2.17. The van der Waals surface area contributed by atoms with Gasteiger partial charge in [0.15, 0.2) is 0 Å². The third kappa shape index (κ3) is 1.69. The Labute approximate surface area is 71.1 Å². The Morgan fingerprint density at radius 2 is 2.00 bits per heavy atom. The number of carbonyl (C=O) groups excluding carboxylic acids is 1. The molecule has 0 bridgehead atoms. The third-order valence-corrected chi connectivity index (χ3v) is 1.58. The lowest BCUT2D eigenvalue weighted by Crippen LogP contribution is -2.27. The molecule has 0 fully saturated rings. The van der Waals surface area contributed by atoms with E-state index in [1.54, 1.807) is 19.2 Å². The van der Waals surface area contributed by atoms with Gasteiger partial charge in [-0.05, 0) is 12.1 Å². The molecule has 1 radical (unpaired) electrons. The van der Waals surface area contributed by atoms with E-state index in [1.165, 1.54) is 4.90 Å². The monoisotopic (exact) mass is 161 g/mol. The van der Waals surface area contributed by atoms with Crippen molar-refractivity contribution in [1.82, 2.24) is 5.41 Å². The second-order valence-electron chi connectivity index (χ2n) is 2.36. The van der Waals surface area contributed by atoms with E-state index in [0.29, 0.717) is 6.21 Å². The van der Waals surface area contributed by atoms with Gasteiger partial charge < -0.3 is 4.90 Å². The first-order valence-electron chi connectivity index (χ1n) is 3.56. The highest BCUT2D eigenvalue weighted by atomic mass is 16.2. The summed E-state index contributed by atoms with van der Waals surface area (Å²) in [7, 11) is 1.60. The van der Waals surface area contributed by atoms with Crippen molar-refractivity contribution in [2.24, 2.45) is 0 Å². The van der Waals surface area contributed by atoms with Crippen molar-refractivity contribution in [2.75, 3.05) is 11.9 Å². The van der Waals surface area contributed by atoms with Gasteiger partial charge in [0.1, 0.15) is 6.21 Å². The molecule has 12 heavy (non-hydrogen) atoms. The van der Waals surface area contributed by atoms with Crippen LogP contribution in [0.2, 0.25) is 0 Å². The fourth-order valence-electron chi connectivity index (χ4n) is 0.865. The highest BCUT2D eigenvalue weighted by Gasteiger charge is 2.05. The first-order chi connectivity index (χ1) is 5.75. The summed E-state index contributed by atoms with van der Waals surface area (Å²) in [4.78, 5) is 12.3. The van der Waals surface area contributed by atoms with Crippen LogP contribution in [0.4, 0.5) is 5.69 Å². The Morgan fingerprint density at radius 3 is 2.50 bits per heavy atom. The highest BCUT2D eigenvalue weighted by molar-refractivity contribution is 6.31. The van der Waals surface area contributed by atoms with Crippen molar-refractivity contribution >= 4 is 17.8 Å². The minimum absolute atomic E-state index is 0.429. The molecule has 3 nitrogen and oxygen atoms in total. The molecule has 3 heteroatoms. The Morgan fingerprint density at radius 1 is 1.42 bits per heavy atom. The van der Waals surface area contributed by atoms with Crippen LogP contribution in [0.3, 0.4) is 0 Å². The quantitative estimate of drug-likeness (QED) is 0.583. The smallest absolute Gasteiger partial charge is 0.271 e. The number of para-hydroxylation sites is 1. The normalized spacial score (nSPS) is 9.08. The van der Waals surface area contributed by atoms with Gasteiger partial charge in [-0.25, -0.2) is 0 Å². The maximum atomic E-state index is 10.9. The van der Waals surface area contributed by atoms with Gasteiger partial charge >= 0.3 is 0 Å². The van der Waals surface area contributed by atoms with E-state index in [0.717, 1.165) is 5.69 Å². The zero-order chi connectivity index (χ0) is 8.97. The van der Waals surface area contributed by atoms with E-state index in [9.17, 15) is 4.79 Å². The fourth-order valence-corrected chi connectivity index (χ4v) is 0.865. The Balaban J connectivity index is 2.85. The lowest BCUT2D eigenvalue weighted by molar-refractivity contribution is -0.111. The van der Waals surface area contributed by atoms with Crippen LogP contribution in [-0.4, -0.2) is 19.2 Å². The van der Waals surface area contributed by atoms with Gasteiger partial charge in [0.05, 0.1) is 0 Å². The molecule has 1 amide bonds. The Kier molecular flexibility index (Phi) is 2.58. The van der Waals surface area contributed by atoms with Crippen molar-refractivity contribution < 1.29 is 4.79 Å². The number of amides is 1. The molecule has 1 aromatic carbocycles. The van der Waals surface area contributed by atoms with Crippen LogP contribution in [0.5, 0.6) is 0 Å². The molecule has 61 valence electrons. The van der Waals surface area contributed by atoms with Crippen LogP contribution < -0.4 is 10.3 Å². The molecule has 0 spiro atoms. The summed E-state index contributed by atoms with van der Waals surface area (Å²) in [6.45, 7) is 0. The van der Waals surface area contributed by atoms with Gasteiger partial charge in [-0.2, -0.15) is 5.41 Å². The van der Waals surface area contributed by atoms with Gasteiger partial charge in [-0.1, -0.05) is 18.2 Å². The van der Waals surface area contributed by atoms with Gasteiger partial charge in [0, 0.05) is 12.7 Å². The molecule has 0 aliphatic carbocycles. The standard InChI is InChI=1S/C9H9N2O/c1-11(9(12)7-10)8-5-3-2-4-6-8/h2-7H,1H3. The first-order valence-corrected chi connectivity index (χ1v) is 3.56. The molecule has 1 rings (SSSR count). The molecular formula is C9H9N2O. The maximum Gasteiger partial charge on any atom is 0.271 e. The van der Waals surface area contributed by atoms with Crippen LogP contribution in [-0.2, 0) is 4.79 Å². The van der Waals surface area contributed by atoms with Crippen LogP contribution >= 0.6 is 0 Å². The predicted molar refractivity (Wildman–Crippen MR) is 48.1 cm³/mol. The van der Waals surface area contributed by atoms with Crippen molar-refractivity contribution in [1.29, 1.82) is 0 Å². The number of benzene rings is 1.